The molecule has 35 heavy (non-hydrogen) atoms. The van der Waals surface area contributed by atoms with Crippen molar-refractivity contribution in [1.29, 1.82) is 0 Å². The molecule has 0 aliphatic carbocycles. The third kappa shape index (κ3) is 5.64. The lowest BCUT2D eigenvalue weighted by atomic mass is 10.1. The smallest absolute Gasteiger partial charge is 0.363 e. The Morgan fingerprint density at radius 1 is 1.09 bits per heavy atom. The number of halogens is 2. The summed E-state index contributed by atoms with van der Waals surface area (Å²) in [4.78, 5) is 27.1. The molecule has 4 rings (SSSR count). The van der Waals surface area contributed by atoms with Crippen LogP contribution in [0.1, 0.15) is 23.6 Å². The second-order valence-electron chi connectivity index (χ2n) is 7.31. The highest BCUT2D eigenvalue weighted by Gasteiger charge is 2.26. The van der Waals surface area contributed by atoms with E-state index in [-0.39, 0.29) is 40.3 Å². The van der Waals surface area contributed by atoms with Gasteiger partial charge in [0, 0.05) is 11.6 Å². The van der Waals surface area contributed by atoms with E-state index in [1.54, 1.807) is 30.3 Å². The van der Waals surface area contributed by atoms with Crippen LogP contribution in [0.25, 0.3) is 6.08 Å². The van der Waals surface area contributed by atoms with E-state index in [9.17, 15) is 19.3 Å². The van der Waals surface area contributed by atoms with Crippen LogP contribution in [-0.4, -0.2) is 23.4 Å². The Hall–Kier alpha value is -4.24. The highest BCUT2D eigenvalue weighted by Crippen LogP contribution is 2.31. The van der Waals surface area contributed by atoms with E-state index in [4.69, 9.17) is 25.8 Å². The number of hydrogen-bond donors (Lipinski definition) is 0. The largest absolute Gasteiger partial charge is 0.490 e. The first-order valence-electron chi connectivity index (χ1n) is 10.4. The number of nitrogens with zero attached hydrogens (tertiary/aromatic N) is 2. The number of carbonyl (C=O) groups is 1. The number of esters is 1. The van der Waals surface area contributed by atoms with E-state index in [1.807, 2.05) is 6.92 Å². The van der Waals surface area contributed by atoms with Gasteiger partial charge in [-0.3, -0.25) is 10.1 Å². The van der Waals surface area contributed by atoms with Gasteiger partial charge in [-0.1, -0.05) is 29.8 Å². The molecule has 0 atom stereocenters. The Kier molecular flexibility index (Phi) is 7.07. The molecular weight excluding hydrogens is 479 g/mol. The summed E-state index contributed by atoms with van der Waals surface area (Å²) in [6.07, 6.45) is 1.51. The zero-order chi connectivity index (χ0) is 24.9. The van der Waals surface area contributed by atoms with Crippen LogP contribution in [0.3, 0.4) is 0 Å². The molecule has 0 bridgehead atoms. The first-order chi connectivity index (χ1) is 16.8. The highest BCUT2D eigenvalue weighted by molar-refractivity contribution is 6.32. The molecule has 0 unspecified atom stereocenters. The molecule has 0 saturated carbocycles. The third-order valence-electron chi connectivity index (χ3n) is 4.89. The van der Waals surface area contributed by atoms with Gasteiger partial charge in [0.25, 0.3) is 5.69 Å². The molecule has 3 aromatic rings. The van der Waals surface area contributed by atoms with Gasteiger partial charge in [-0.15, -0.1) is 0 Å². The number of aliphatic imine (C=N–C) groups is 1. The SMILES string of the molecule is CCOc1cc(/C=C2\N=C(c3ccc(Cl)c([N+](=O)[O-])c3)OC2=O)ccc1OCc1ccc(F)cc1. The summed E-state index contributed by atoms with van der Waals surface area (Å²) in [7, 11) is 0. The van der Waals surface area contributed by atoms with Crippen LogP contribution in [0.4, 0.5) is 10.1 Å². The molecule has 3 aromatic carbocycles. The fourth-order valence-electron chi connectivity index (χ4n) is 3.22. The third-order valence-corrected chi connectivity index (χ3v) is 5.21. The Morgan fingerprint density at radius 3 is 2.57 bits per heavy atom. The van der Waals surface area contributed by atoms with Crippen LogP contribution >= 0.6 is 11.6 Å². The maximum Gasteiger partial charge on any atom is 0.363 e. The molecule has 10 heteroatoms. The molecule has 0 radical (unpaired) electrons. The van der Waals surface area contributed by atoms with Gasteiger partial charge in [0.2, 0.25) is 5.90 Å². The van der Waals surface area contributed by atoms with Crippen LogP contribution < -0.4 is 9.47 Å². The quantitative estimate of drug-likeness (QED) is 0.171. The second kappa shape index (κ2) is 10.4. The molecule has 1 aliphatic heterocycles. The predicted molar refractivity (Wildman–Crippen MR) is 127 cm³/mol. The minimum atomic E-state index is -0.702. The number of hydrogen-bond acceptors (Lipinski definition) is 7. The molecular formula is C25H18ClFN2O6. The van der Waals surface area contributed by atoms with Crippen LogP contribution in [0.2, 0.25) is 5.02 Å². The van der Waals surface area contributed by atoms with Gasteiger partial charge in [0.15, 0.2) is 17.2 Å². The zero-order valence-electron chi connectivity index (χ0n) is 18.4. The second-order valence-corrected chi connectivity index (χ2v) is 7.72. The van der Waals surface area contributed by atoms with Crippen LogP contribution in [-0.2, 0) is 16.1 Å². The molecule has 0 spiro atoms. The van der Waals surface area contributed by atoms with Crippen molar-refractivity contribution in [3.05, 3.63) is 104 Å². The summed E-state index contributed by atoms with van der Waals surface area (Å²) in [5.74, 6) is -0.165. The molecule has 0 amide bonds. The van der Waals surface area contributed by atoms with E-state index in [0.29, 0.717) is 23.7 Å². The number of nitro benzene ring substituents is 1. The van der Waals surface area contributed by atoms with Gasteiger partial charge in [0.1, 0.15) is 17.4 Å². The van der Waals surface area contributed by atoms with E-state index < -0.39 is 10.9 Å². The molecule has 178 valence electrons. The molecule has 0 aromatic heterocycles. The van der Waals surface area contributed by atoms with Gasteiger partial charge < -0.3 is 14.2 Å². The first-order valence-corrected chi connectivity index (χ1v) is 10.8. The average Bonchev–Trinajstić information content (AvgIpc) is 3.20. The molecule has 8 nitrogen and oxygen atoms in total. The molecule has 0 N–H and O–H groups in total. The summed E-state index contributed by atoms with van der Waals surface area (Å²) in [5, 5.41) is 11.1. The topological polar surface area (TPSA) is 100 Å². The van der Waals surface area contributed by atoms with Crippen molar-refractivity contribution in [1.82, 2.24) is 0 Å². The lowest BCUT2D eigenvalue weighted by molar-refractivity contribution is -0.384. The van der Waals surface area contributed by atoms with E-state index in [0.717, 1.165) is 5.56 Å². The molecule has 1 aliphatic rings. The molecule has 0 saturated heterocycles. The summed E-state index contributed by atoms with van der Waals surface area (Å²) in [6.45, 7) is 2.42. The number of cyclic esters (lactones) is 1. The predicted octanol–water partition coefficient (Wildman–Crippen LogP) is 5.71. The number of ether oxygens (including phenoxy) is 3. The monoisotopic (exact) mass is 496 g/mol. The minimum absolute atomic E-state index is 0.0139. The van der Waals surface area contributed by atoms with Gasteiger partial charge in [-0.05, 0) is 60.5 Å². The Balaban J connectivity index is 1.57. The van der Waals surface area contributed by atoms with Crippen molar-refractivity contribution in [3.63, 3.8) is 0 Å². The first kappa shape index (κ1) is 23.9. The lowest BCUT2D eigenvalue weighted by Gasteiger charge is -2.13. The Bertz CT molecular complexity index is 1350. The van der Waals surface area contributed by atoms with Crippen LogP contribution in [0, 0.1) is 15.9 Å². The van der Waals surface area contributed by atoms with Crippen molar-refractivity contribution in [2.24, 2.45) is 4.99 Å². The fourth-order valence-corrected chi connectivity index (χ4v) is 3.41. The van der Waals surface area contributed by atoms with Crippen LogP contribution in [0.15, 0.2) is 71.4 Å². The van der Waals surface area contributed by atoms with E-state index in [1.165, 1.54) is 36.4 Å². The van der Waals surface area contributed by atoms with Crippen molar-refractivity contribution < 1.29 is 28.3 Å². The maximum absolute atomic E-state index is 13.1. The van der Waals surface area contributed by atoms with E-state index >= 15 is 0 Å². The number of nitro groups is 1. The summed E-state index contributed by atoms with van der Waals surface area (Å²) < 4.78 is 29.8. The molecule has 1 heterocycles. The number of benzene rings is 3. The highest BCUT2D eigenvalue weighted by atomic mass is 35.5. The normalized spacial score (nSPS) is 14.0. The van der Waals surface area contributed by atoms with Gasteiger partial charge in [-0.2, -0.15) is 0 Å². The van der Waals surface area contributed by atoms with Crippen molar-refractivity contribution in [2.45, 2.75) is 13.5 Å². The Labute approximate surface area is 204 Å². The van der Waals surface area contributed by atoms with Crippen LogP contribution in [0.5, 0.6) is 11.5 Å². The van der Waals surface area contributed by atoms with Crippen molar-refractivity contribution >= 4 is 35.2 Å². The van der Waals surface area contributed by atoms with Crippen molar-refractivity contribution in [3.8, 4) is 11.5 Å². The minimum Gasteiger partial charge on any atom is -0.490 e. The van der Waals surface area contributed by atoms with E-state index in [2.05, 4.69) is 4.99 Å². The Morgan fingerprint density at radius 2 is 1.86 bits per heavy atom. The number of carbonyl (C=O) groups excluding carboxylic acids is 1. The summed E-state index contributed by atoms with van der Waals surface area (Å²) in [6, 6.07) is 15.1. The molecule has 0 fully saturated rings. The summed E-state index contributed by atoms with van der Waals surface area (Å²) in [5.41, 5.74) is 1.33. The summed E-state index contributed by atoms with van der Waals surface area (Å²) >= 11 is 5.84. The van der Waals surface area contributed by atoms with Gasteiger partial charge in [-0.25, -0.2) is 14.2 Å². The fraction of sp³-hybridized carbons (Fsp3) is 0.120. The number of rotatable bonds is 8. The maximum atomic E-state index is 13.1. The zero-order valence-corrected chi connectivity index (χ0v) is 19.1. The lowest BCUT2D eigenvalue weighted by Crippen LogP contribution is -2.06. The standard InChI is InChI=1S/C25H18ClFN2O6/c1-2-33-23-12-16(5-10-22(23)34-14-15-3-7-18(27)8-4-15)11-20-25(30)35-24(28-20)17-6-9-19(26)21(13-17)29(31)32/h3-13H,2,14H2,1H3/b20-11-. The van der Waals surface area contributed by atoms with Crippen molar-refractivity contribution in [2.75, 3.05) is 6.61 Å². The van der Waals surface area contributed by atoms with Gasteiger partial charge >= 0.3 is 5.97 Å². The average molecular weight is 497 g/mol. The van der Waals surface area contributed by atoms with Gasteiger partial charge in [0.05, 0.1) is 11.5 Å².